The maximum absolute atomic E-state index is 13.2. The van der Waals surface area contributed by atoms with Gasteiger partial charge in [-0.3, -0.25) is 0 Å². The monoisotopic (exact) mass is 276 g/mol. The summed E-state index contributed by atoms with van der Waals surface area (Å²) in [5.41, 5.74) is 0.391. The van der Waals surface area contributed by atoms with Gasteiger partial charge in [-0.15, -0.1) is 0 Å². The fourth-order valence-corrected chi connectivity index (χ4v) is 2.01. The molecule has 1 atom stereocenters. The summed E-state index contributed by atoms with van der Waals surface area (Å²) in [6, 6.07) is 9.19. The molecule has 5 heteroatoms. The molecular weight excluding hydrogens is 263 g/mol. The van der Waals surface area contributed by atoms with Gasteiger partial charge in [0.1, 0.15) is 17.3 Å². The molecule has 1 aliphatic rings. The van der Waals surface area contributed by atoms with Gasteiger partial charge in [0.05, 0.1) is 6.10 Å². The quantitative estimate of drug-likeness (QED) is 0.933. The van der Waals surface area contributed by atoms with E-state index in [2.05, 4.69) is 0 Å². The summed E-state index contributed by atoms with van der Waals surface area (Å²) in [7, 11) is 0. The van der Waals surface area contributed by atoms with Gasteiger partial charge in [-0.1, -0.05) is 0 Å². The Morgan fingerprint density at radius 3 is 2.75 bits per heavy atom. The predicted molar refractivity (Wildman–Crippen MR) is 69.7 cm³/mol. The van der Waals surface area contributed by atoms with Crippen molar-refractivity contribution in [3.63, 3.8) is 0 Å². The molecule has 2 aromatic carbocycles. The molecule has 0 aliphatic carbocycles. The van der Waals surface area contributed by atoms with Crippen molar-refractivity contribution < 1.29 is 23.7 Å². The Morgan fingerprint density at radius 2 is 1.95 bits per heavy atom. The van der Waals surface area contributed by atoms with Gasteiger partial charge in [0.2, 0.25) is 6.79 Å². The van der Waals surface area contributed by atoms with Crippen LogP contribution in [0.3, 0.4) is 0 Å². The molecule has 0 saturated carbocycles. The number of aliphatic hydroxyl groups is 1. The number of ether oxygens (including phenoxy) is 3. The maximum atomic E-state index is 13.2. The lowest BCUT2D eigenvalue weighted by molar-refractivity contribution is 0.174. The molecule has 0 amide bonds. The summed E-state index contributed by atoms with van der Waals surface area (Å²) in [4.78, 5) is 0. The smallest absolute Gasteiger partial charge is 0.231 e. The molecule has 20 heavy (non-hydrogen) atoms. The summed E-state index contributed by atoms with van der Waals surface area (Å²) in [5, 5.41) is 9.67. The molecule has 0 unspecified atom stereocenters. The normalized spacial score (nSPS) is 14.2. The van der Waals surface area contributed by atoms with Gasteiger partial charge >= 0.3 is 0 Å². The average Bonchev–Trinajstić information content (AvgIpc) is 2.88. The van der Waals surface area contributed by atoms with Gasteiger partial charge in [0.25, 0.3) is 0 Å². The zero-order chi connectivity index (χ0) is 14.1. The average molecular weight is 276 g/mol. The SMILES string of the molecule is C[C@H](O)c1cc(F)ccc1Oc1ccc2c(c1)OCO2. The number of benzene rings is 2. The van der Waals surface area contributed by atoms with Gasteiger partial charge in [-0.2, -0.15) is 0 Å². The standard InChI is InChI=1S/C15H13FO4/c1-9(17)12-6-10(16)2-4-13(12)20-11-3-5-14-15(7-11)19-8-18-14/h2-7,9,17H,8H2,1H3/t9-/m0/s1. The number of fused-ring (bicyclic) bond motifs is 1. The molecule has 4 nitrogen and oxygen atoms in total. The largest absolute Gasteiger partial charge is 0.457 e. The molecular formula is C15H13FO4. The molecule has 104 valence electrons. The van der Waals surface area contributed by atoms with Crippen LogP contribution in [0.15, 0.2) is 36.4 Å². The van der Waals surface area contributed by atoms with Gasteiger partial charge in [0, 0.05) is 11.6 Å². The van der Waals surface area contributed by atoms with E-state index in [1.807, 2.05) is 0 Å². The first-order valence-electron chi connectivity index (χ1n) is 6.18. The zero-order valence-corrected chi connectivity index (χ0v) is 10.8. The van der Waals surface area contributed by atoms with Crippen molar-refractivity contribution in [2.45, 2.75) is 13.0 Å². The number of rotatable bonds is 3. The first-order valence-corrected chi connectivity index (χ1v) is 6.18. The first-order chi connectivity index (χ1) is 9.63. The second kappa shape index (κ2) is 5.02. The van der Waals surface area contributed by atoms with Crippen LogP contribution >= 0.6 is 0 Å². The molecule has 0 bridgehead atoms. The summed E-state index contributed by atoms with van der Waals surface area (Å²) in [6.45, 7) is 1.75. The van der Waals surface area contributed by atoms with Crippen molar-refractivity contribution in [1.29, 1.82) is 0 Å². The number of aliphatic hydroxyl groups excluding tert-OH is 1. The van der Waals surface area contributed by atoms with Crippen LogP contribution in [0.2, 0.25) is 0 Å². The highest BCUT2D eigenvalue weighted by atomic mass is 19.1. The summed E-state index contributed by atoms with van der Waals surface area (Å²) in [6.07, 6.45) is -0.824. The van der Waals surface area contributed by atoms with Crippen molar-refractivity contribution in [3.8, 4) is 23.0 Å². The van der Waals surface area contributed by atoms with E-state index >= 15 is 0 Å². The molecule has 3 rings (SSSR count). The molecule has 2 aromatic rings. The predicted octanol–water partition coefficient (Wildman–Crippen LogP) is 3.40. The molecule has 0 saturated heterocycles. The van der Waals surface area contributed by atoms with Crippen LogP contribution in [0.4, 0.5) is 4.39 Å². The van der Waals surface area contributed by atoms with Crippen molar-refractivity contribution >= 4 is 0 Å². The fraction of sp³-hybridized carbons (Fsp3) is 0.200. The summed E-state index contributed by atoms with van der Waals surface area (Å²) >= 11 is 0. The minimum atomic E-state index is -0.824. The van der Waals surface area contributed by atoms with Gasteiger partial charge in [-0.25, -0.2) is 4.39 Å². The first kappa shape index (κ1) is 12.7. The van der Waals surface area contributed by atoms with Crippen LogP contribution in [0.5, 0.6) is 23.0 Å². The summed E-state index contributed by atoms with van der Waals surface area (Å²) in [5.74, 6) is 1.78. The second-order valence-electron chi connectivity index (χ2n) is 4.48. The maximum Gasteiger partial charge on any atom is 0.231 e. The van der Waals surface area contributed by atoms with Crippen molar-refractivity contribution in [2.24, 2.45) is 0 Å². The van der Waals surface area contributed by atoms with Crippen molar-refractivity contribution in [1.82, 2.24) is 0 Å². The van der Waals surface area contributed by atoms with Crippen LogP contribution in [0.1, 0.15) is 18.6 Å². The Hall–Kier alpha value is -2.27. The Bertz CT molecular complexity index is 640. The number of halogens is 1. The molecule has 0 spiro atoms. The Kier molecular flexibility index (Phi) is 3.20. The molecule has 0 aromatic heterocycles. The van der Waals surface area contributed by atoms with Crippen LogP contribution in [-0.4, -0.2) is 11.9 Å². The third-order valence-corrected chi connectivity index (χ3v) is 2.99. The van der Waals surface area contributed by atoms with E-state index < -0.39 is 11.9 Å². The minimum absolute atomic E-state index is 0.189. The van der Waals surface area contributed by atoms with E-state index in [0.29, 0.717) is 28.6 Å². The Balaban J connectivity index is 1.91. The van der Waals surface area contributed by atoms with Crippen LogP contribution in [0.25, 0.3) is 0 Å². The van der Waals surface area contributed by atoms with Crippen LogP contribution < -0.4 is 14.2 Å². The zero-order valence-electron chi connectivity index (χ0n) is 10.8. The van der Waals surface area contributed by atoms with E-state index in [0.717, 1.165) is 0 Å². The van der Waals surface area contributed by atoms with Crippen LogP contribution in [-0.2, 0) is 0 Å². The number of hydrogen-bond acceptors (Lipinski definition) is 4. The highest BCUT2D eigenvalue weighted by molar-refractivity contribution is 5.48. The van der Waals surface area contributed by atoms with E-state index in [-0.39, 0.29) is 6.79 Å². The topological polar surface area (TPSA) is 47.9 Å². The lowest BCUT2D eigenvalue weighted by Gasteiger charge is -2.13. The van der Waals surface area contributed by atoms with Crippen LogP contribution in [0, 0.1) is 5.82 Å². The number of hydrogen-bond donors (Lipinski definition) is 1. The van der Waals surface area contributed by atoms with E-state index in [9.17, 15) is 9.50 Å². The molecule has 1 heterocycles. The lowest BCUT2D eigenvalue weighted by atomic mass is 10.1. The molecule has 0 fully saturated rings. The van der Waals surface area contributed by atoms with E-state index in [4.69, 9.17) is 14.2 Å². The summed E-state index contributed by atoms with van der Waals surface area (Å²) < 4.78 is 29.4. The Labute approximate surface area is 115 Å². The Morgan fingerprint density at radius 1 is 1.15 bits per heavy atom. The second-order valence-corrected chi connectivity index (χ2v) is 4.48. The third-order valence-electron chi connectivity index (χ3n) is 2.99. The van der Waals surface area contributed by atoms with Gasteiger partial charge in [-0.05, 0) is 37.3 Å². The molecule has 0 radical (unpaired) electrons. The third kappa shape index (κ3) is 2.40. The van der Waals surface area contributed by atoms with E-state index in [1.165, 1.54) is 18.2 Å². The van der Waals surface area contributed by atoms with E-state index in [1.54, 1.807) is 25.1 Å². The van der Waals surface area contributed by atoms with Crippen molar-refractivity contribution in [2.75, 3.05) is 6.79 Å². The fourth-order valence-electron chi connectivity index (χ4n) is 2.01. The highest BCUT2D eigenvalue weighted by Crippen LogP contribution is 2.38. The highest BCUT2D eigenvalue weighted by Gasteiger charge is 2.16. The lowest BCUT2D eigenvalue weighted by Crippen LogP contribution is -1.97. The van der Waals surface area contributed by atoms with Gasteiger partial charge in [0.15, 0.2) is 11.5 Å². The van der Waals surface area contributed by atoms with Gasteiger partial charge < -0.3 is 19.3 Å². The minimum Gasteiger partial charge on any atom is -0.457 e. The molecule has 1 N–H and O–H groups in total. The van der Waals surface area contributed by atoms with Crippen molar-refractivity contribution in [3.05, 3.63) is 47.8 Å². The molecule has 1 aliphatic heterocycles.